The molecule has 0 unspecified atom stereocenters. The average Bonchev–Trinajstić information content (AvgIpc) is 4.04. The van der Waals surface area contributed by atoms with Crippen molar-refractivity contribution in [3.8, 4) is 0 Å². The Morgan fingerprint density at radius 1 is 0.875 bits per heavy atom. The molecule has 15 nitrogen and oxygen atoms in total. The van der Waals surface area contributed by atoms with Crippen LogP contribution in [0.1, 0.15) is 76.7 Å². The van der Waals surface area contributed by atoms with Gasteiger partial charge in [-0.05, 0) is 48.4 Å². The minimum Gasteiger partial charge on any atom is -0.396 e. The molecule has 6 heterocycles. The first-order chi connectivity index (χ1) is 30.5. The molecular weight excluding hydrogens is 875 g/mol. The number of aromatic amines is 1. The molecule has 8 rings (SSSR count). The van der Waals surface area contributed by atoms with Gasteiger partial charge in [-0.1, -0.05) is 70.2 Å². The number of rotatable bonds is 13. The number of carbonyl (C=O) groups is 1. The summed E-state index contributed by atoms with van der Waals surface area (Å²) in [7, 11) is 2.98. The van der Waals surface area contributed by atoms with Crippen molar-refractivity contribution < 1.29 is 19.8 Å². The molecule has 0 spiro atoms. The number of H-pyrrole nitrogens is 1. The van der Waals surface area contributed by atoms with E-state index in [0.717, 1.165) is 46.9 Å². The highest BCUT2D eigenvalue weighted by Gasteiger charge is 2.34. The molecule has 7 aromatic rings. The second-order valence-corrected chi connectivity index (χ2v) is 20.3. The SMILES string of the molecule is CC(C)Cn1c(=O)n(C)c(=O)c2c(SCCCO)c(Cc3cccc4ccccc34)sc21.Cc1n[nH]c(C)c1Cc1sc2c(c1C(=O)N1C[C@H](O)CO1)c(=O)n(C)c(=O)n2CC(C)C. The van der Waals surface area contributed by atoms with Gasteiger partial charge in [0.15, 0.2) is 0 Å². The van der Waals surface area contributed by atoms with Crippen LogP contribution in [-0.2, 0) is 44.9 Å². The third kappa shape index (κ3) is 9.21. The molecule has 1 fully saturated rings. The second kappa shape index (κ2) is 19.6. The van der Waals surface area contributed by atoms with Crippen molar-refractivity contribution in [1.29, 1.82) is 0 Å². The van der Waals surface area contributed by atoms with E-state index in [1.165, 1.54) is 39.3 Å². The molecule has 0 bridgehead atoms. The first-order valence-electron chi connectivity index (χ1n) is 21.4. The van der Waals surface area contributed by atoms with Crippen LogP contribution in [0.25, 0.3) is 31.2 Å². The van der Waals surface area contributed by atoms with Crippen molar-refractivity contribution in [3.63, 3.8) is 0 Å². The van der Waals surface area contributed by atoms with Gasteiger partial charge in [-0.15, -0.1) is 34.4 Å². The molecule has 1 aliphatic rings. The number of benzene rings is 2. The van der Waals surface area contributed by atoms with E-state index in [1.54, 1.807) is 39.3 Å². The summed E-state index contributed by atoms with van der Waals surface area (Å²) < 4.78 is 5.61. The zero-order chi connectivity index (χ0) is 46.1. The van der Waals surface area contributed by atoms with Gasteiger partial charge in [0.25, 0.3) is 17.0 Å². The van der Waals surface area contributed by atoms with Gasteiger partial charge in [-0.25, -0.2) is 14.7 Å². The fourth-order valence-electron chi connectivity index (χ4n) is 7.99. The predicted octanol–water partition coefficient (Wildman–Crippen LogP) is 5.73. The lowest BCUT2D eigenvalue weighted by Crippen LogP contribution is -2.39. The maximum Gasteiger partial charge on any atom is 0.331 e. The largest absolute Gasteiger partial charge is 0.396 e. The summed E-state index contributed by atoms with van der Waals surface area (Å²) >= 11 is 4.44. The first kappa shape index (κ1) is 46.9. The standard InChI is InChI=1S/C25H28N2O3S2.C21H27N5O5S/c1-16(2)15-27-24-21(23(29)26(3)25(27)30)22(31-13-7-12-28)20(32-24)14-18-10-6-9-17-8-4-5-11-19(17)18;1-10(2)7-25-20-17(18(28)24(5)21(25)30)16(19(29)26-8-13(27)9-31-26)15(32-20)6-14-11(3)22-23-12(14)4/h4-6,8-11,16,28H,7,12-15H2,1-3H3;10,13,27H,6-9H2,1-5H3,(H,22,23)/t;13-/m.0/s1. The number of hydroxylamine groups is 2. The van der Waals surface area contributed by atoms with Gasteiger partial charge in [0, 0.05) is 78.3 Å². The number of amides is 1. The summed E-state index contributed by atoms with van der Waals surface area (Å²) in [6.45, 7) is 13.0. The number of aromatic nitrogens is 6. The number of β-amino-alcohol motifs (C(OH)–C–C–N with tert-alkyl or cyclic N) is 1. The molecule has 1 atom stereocenters. The Bertz CT molecular complexity index is 3090. The molecule has 0 aliphatic carbocycles. The number of nitrogens with one attached hydrogen (secondary N) is 1. The van der Waals surface area contributed by atoms with E-state index < -0.39 is 23.3 Å². The number of carbonyl (C=O) groups excluding carboxylic acids is 1. The van der Waals surface area contributed by atoms with Crippen LogP contribution in [0, 0.1) is 25.7 Å². The predicted molar refractivity (Wildman–Crippen MR) is 255 cm³/mol. The Morgan fingerprint density at radius 3 is 2.08 bits per heavy atom. The van der Waals surface area contributed by atoms with Crippen molar-refractivity contribution in [2.75, 3.05) is 25.5 Å². The Balaban J connectivity index is 0.000000191. The summed E-state index contributed by atoms with van der Waals surface area (Å²) in [6.07, 6.45) is 0.944. The topological polar surface area (TPSA) is 187 Å². The van der Waals surface area contributed by atoms with Gasteiger partial charge in [-0.3, -0.25) is 42.6 Å². The number of aliphatic hydroxyl groups is 2. The number of hydrogen-bond donors (Lipinski definition) is 3. The highest BCUT2D eigenvalue weighted by molar-refractivity contribution is 7.99. The highest BCUT2D eigenvalue weighted by atomic mass is 32.2. The van der Waals surface area contributed by atoms with Crippen molar-refractivity contribution in [3.05, 3.63) is 122 Å². The molecule has 3 N–H and O–H groups in total. The minimum atomic E-state index is -0.785. The molecule has 64 heavy (non-hydrogen) atoms. The van der Waals surface area contributed by atoms with E-state index in [-0.39, 0.29) is 53.8 Å². The Kier molecular flexibility index (Phi) is 14.3. The smallest absolute Gasteiger partial charge is 0.331 e. The highest BCUT2D eigenvalue weighted by Crippen LogP contribution is 2.39. The van der Waals surface area contributed by atoms with E-state index in [4.69, 9.17) is 4.84 Å². The number of aliphatic hydroxyl groups excluding tert-OH is 2. The Morgan fingerprint density at radius 2 is 1.48 bits per heavy atom. The monoisotopic (exact) mass is 929 g/mol. The van der Waals surface area contributed by atoms with Gasteiger partial charge in [0.2, 0.25) is 0 Å². The lowest BCUT2D eigenvalue weighted by Gasteiger charge is -2.15. The molecule has 0 radical (unpaired) electrons. The zero-order valence-electron chi connectivity index (χ0n) is 37.4. The van der Waals surface area contributed by atoms with Crippen LogP contribution in [0.3, 0.4) is 0 Å². The second-order valence-electron chi connectivity index (χ2n) is 17.1. The molecule has 1 saturated heterocycles. The van der Waals surface area contributed by atoms with Gasteiger partial charge in [0.05, 0.1) is 28.6 Å². The van der Waals surface area contributed by atoms with E-state index in [0.29, 0.717) is 47.4 Å². The van der Waals surface area contributed by atoms with Crippen LogP contribution >= 0.6 is 34.4 Å². The third-order valence-electron chi connectivity index (χ3n) is 11.2. The number of aryl methyl sites for hydroxylation is 2. The number of fused-ring (bicyclic) bond motifs is 3. The summed E-state index contributed by atoms with van der Waals surface area (Å²) in [5, 5.41) is 30.7. The fraction of sp³-hybridized carbons (Fsp3) is 0.435. The van der Waals surface area contributed by atoms with Gasteiger partial charge in [-0.2, -0.15) is 5.10 Å². The average molecular weight is 930 g/mol. The van der Waals surface area contributed by atoms with Crippen LogP contribution < -0.4 is 22.5 Å². The Hall–Kier alpha value is -5.11. The van der Waals surface area contributed by atoms with Crippen molar-refractivity contribution in [1.82, 2.24) is 33.5 Å². The summed E-state index contributed by atoms with van der Waals surface area (Å²) in [6, 6.07) is 14.6. The quantitative estimate of drug-likeness (QED) is 0.0953. The summed E-state index contributed by atoms with van der Waals surface area (Å²) in [5.41, 5.74) is 2.60. The van der Waals surface area contributed by atoms with Gasteiger partial charge in [0.1, 0.15) is 22.4 Å². The molecule has 1 amide bonds. The van der Waals surface area contributed by atoms with Crippen LogP contribution in [0.4, 0.5) is 0 Å². The van der Waals surface area contributed by atoms with E-state index in [9.17, 15) is 34.2 Å². The van der Waals surface area contributed by atoms with E-state index in [2.05, 4.69) is 54.4 Å². The number of nitrogens with zero attached hydrogens (tertiary/aromatic N) is 6. The molecule has 1 aliphatic heterocycles. The first-order valence-corrected chi connectivity index (χ1v) is 24.0. The molecule has 0 saturated carbocycles. The maximum absolute atomic E-state index is 13.5. The van der Waals surface area contributed by atoms with Crippen LogP contribution in [0.2, 0.25) is 0 Å². The lowest BCUT2D eigenvalue weighted by molar-refractivity contribution is -0.0778. The Labute approximate surface area is 381 Å². The summed E-state index contributed by atoms with van der Waals surface area (Å²) in [4.78, 5) is 75.1. The maximum atomic E-state index is 13.5. The zero-order valence-corrected chi connectivity index (χ0v) is 39.8. The van der Waals surface area contributed by atoms with Crippen LogP contribution in [0.15, 0.2) is 66.5 Å². The van der Waals surface area contributed by atoms with Crippen LogP contribution in [0.5, 0.6) is 0 Å². The van der Waals surface area contributed by atoms with Gasteiger partial charge < -0.3 is 10.2 Å². The minimum absolute atomic E-state index is 0.0131. The molecule has 5 aromatic heterocycles. The summed E-state index contributed by atoms with van der Waals surface area (Å²) in [5.74, 6) is 0.668. The molecule has 340 valence electrons. The molecular formula is C46H55N7O8S3. The van der Waals surface area contributed by atoms with E-state index >= 15 is 0 Å². The molecule has 2 aromatic carbocycles. The normalized spacial score (nSPS) is 14.2. The fourth-order valence-corrected chi connectivity index (χ4v) is 11.9. The number of hydrogen-bond acceptors (Lipinski definition) is 12. The van der Waals surface area contributed by atoms with Gasteiger partial charge >= 0.3 is 11.4 Å². The third-order valence-corrected chi connectivity index (χ3v) is 15.0. The lowest BCUT2D eigenvalue weighted by atomic mass is 10.0. The van der Waals surface area contributed by atoms with Crippen molar-refractivity contribution in [2.45, 2.75) is 84.9 Å². The van der Waals surface area contributed by atoms with Crippen molar-refractivity contribution >= 4 is 71.5 Å². The molecule has 18 heteroatoms. The van der Waals surface area contributed by atoms with E-state index in [1.807, 2.05) is 39.8 Å². The number of thiophene rings is 2. The number of thioether (sulfide) groups is 1. The van der Waals surface area contributed by atoms with Crippen molar-refractivity contribution in [2.24, 2.45) is 25.9 Å². The van der Waals surface area contributed by atoms with Crippen LogP contribution in [-0.4, -0.2) is 81.3 Å².